The van der Waals surface area contributed by atoms with Crippen LogP contribution in [0.4, 0.5) is 0 Å². The van der Waals surface area contributed by atoms with Crippen LogP contribution in [0.1, 0.15) is 19.3 Å². The van der Waals surface area contributed by atoms with Gasteiger partial charge < -0.3 is 4.90 Å². The molecule has 0 aromatic heterocycles. The largest absolute Gasteiger partial charge is 0.369 e. The molecule has 0 aromatic rings. The van der Waals surface area contributed by atoms with Crippen molar-refractivity contribution in [3.05, 3.63) is 36.4 Å². The quantitative estimate of drug-likeness (QED) is 0.507. The molecule has 0 unspecified atom stereocenters. The van der Waals surface area contributed by atoms with Gasteiger partial charge in [-0.2, -0.15) is 0 Å². The van der Waals surface area contributed by atoms with E-state index in [1.54, 1.807) is 6.26 Å². The molecule has 2 heterocycles. The molecule has 14 heavy (non-hydrogen) atoms. The van der Waals surface area contributed by atoms with E-state index < -0.39 is 0 Å². The highest BCUT2D eigenvalue weighted by Crippen LogP contribution is 2.24. The van der Waals surface area contributed by atoms with Gasteiger partial charge >= 0.3 is 0 Å². The number of rotatable bonds is 3. The van der Waals surface area contributed by atoms with Crippen LogP contribution in [-0.2, 0) is 9.78 Å². The summed E-state index contributed by atoms with van der Waals surface area (Å²) in [4.78, 5) is 12.3. The van der Waals surface area contributed by atoms with Crippen molar-refractivity contribution in [1.29, 1.82) is 0 Å². The summed E-state index contributed by atoms with van der Waals surface area (Å²) in [6.45, 7) is 5.93. The lowest BCUT2D eigenvalue weighted by Gasteiger charge is -2.23. The Bertz CT molecular complexity index is 275. The van der Waals surface area contributed by atoms with E-state index in [-0.39, 0.29) is 0 Å². The van der Waals surface area contributed by atoms with Gasteiger partial charge in [0.2, 0.25) is 0 Å². The van der Waals surface area contributed by atoms with Crippen molar-refractivity contribution in [2.75, 3.05) is 13.1 Å². The first-order chi connectivity index (χ1) is 6.92. The lowest BCUT2D eigenvalue weighted by Crippen LogP contribution is -2.21. The summed E-state index contributed by atoms with van der Waals surface area (Å²) in [5, 5.41) is 0. The SMILES string of the molecule is C=CCC1=C(N2CCCC2)C=COO1. The Morgan fingerprint density at radius 2 is 2.21 bits per heavy atom. The number of allylic oxidation sites excluding steroid dienone is 2. The van der Waals surface area contributed by atoms with Crippen LogP contribution in [0.3, 0.4) is 0 Å². The van der Waals surface area contributed by atoms with E-state index in [1.165, 1.54) is 12.8 Å². The highest BCUT2D eigenvalue weighted by Gasteiger charge is 2.20. The molecule has 76 valence electrons. The van der Waals surface area contributed by atoms with Gasteiger partial charge in [-0.05, 0) is 12.8 Å². The van der Waals surface area contributed by atoms with Crippen molar-refractivity contribution in [3.8, 4) is 0 Å². The molecule has 1 saturated heterocycles. The molecule has 2 rings (SSSR count). The van der Waals surface area contributed by atoms with Crippen LogP contribution in [0.25, 0.3) is 0 Å². The molecule has 1 fully saturated rings. The van der Waals surface area contributed by atoms with Gasteiger partial charge in [-0.3, -0.25) is 9.78 Å². The molecule has 0 N–H and O–H groups in total. The maximum atomic E-state index is 5.12. The molecule has 0 spiro atoms. The zero-order valence-corrected chi connectivity index (χ0v) is 8.24. The molecule has 3 heteroatoms. The minimum atomic E-state index is 0.718. The summed E-state index contributed by atoms with van der Waals surface area (Å²) < 4.78 is 0. The third kappa shape index (κ3) is 1.76. The highest BCUT2D eigenvalue weighted by atomic mass is 17.2. The third-order valence-electron chi connectivity index (χ3n) is 2.49. The van der Waals surface area contributed by atoms with Crippen LogP contribution < -0.4 is 0 Å². The van der Waals surface area contributed by atoms with Gasteiger partial charge in [-0.15, -0.1) is 6.58 Å². The molecule has 0 atom stereocenters. The van der Waals surface area contributed by atoms with Crippen molar-refractivity contribution < 1.29 is 9.78 Å². The summed E-state index contributed by atoms with van der Waals surface area (Å²) in [5.41, 5.74) is 1.15. The van der Waals surface area contributed by atoms with Gasteiger partial charge in [0, 0.05) is 25.6 Å². The number of hydrogen-bond donors (Lipinski definition) is 0. The molecule has 0 amide bonds. The fourth-order valence-electron chi connectivity index (χ4n) is 1.82. The predicted molar refractivity (Wildman–Crippen MR) is 54.0 cm³/mol. The molecule has 0 radical (unpaired) electrons. The van der Waals surface area contributed by atoms with E-state index in [0.29, 0.717) is 0 Å². The summed E-state index contributed by atoms with van der Waals surface area (Å²) in [7, 11) is 0. The predicted octanol–water partition coefficient (Wildman–Crippen LogP) is 2.35. The monoisotopic (exact) mass is 193 g/mol. The Hall–Kier alpha value is -1.38. The van der Waals surface area contributed by atoms with Gasteiger partial charge in [0.1, 0.15) is 6.26 Å². The maximum Gasteiger partial charge on any atom is 0.182 e. The van der Waals surface area contributed by atoms with Crippen LogP contribution in [0.2, 0.25) is 0 Å². The average Bonchev–Trinajstić information content (AvgIpc) is 2.72. The zero-order chi connectivity index (χ0) is 9.80. The first kappa shape index (κ1) is 9.19. The molecule has 2 aliphatic heterocycles. The van der Waals surface area contributed by atoms with Gasteiger partial charge in [-0.1, -0.05) is 6.08 Å². The second-order valence-electron chi connectivity index (χ2n) is 3.48. The van der Waals surface area contributed by atoms with Crippen LogP contribution in [-0.4, -0.2) is 18.0 Å². The minimum absolute atomic E-state index is 0.718. The molecule has 0 saturated carbocycles. The van der Waals surface area contributed by atoms with E-state index >= 15 is 0 Å². The first-order valence-corrected chi connectivity index (χ1v) is 5.00. The first-order valence-electron chi connectivity index (χ1n) is 5.00. The summed E-state index contributed by atoms with van der Waals surface area (Å²) in [5.74, 6) is 0.865. The zero-order valence-electron chi connectivity index (χ0n) is 8.24. The normalized spacial score (nSPS) is 20.7. The van der Waals surface area contributed by atoms with Crippen molar-refractivity contribution in [3.63, 3.8) is 0 Å². The molecule has 0 aliphatic carbocycles. The van der Waals surface area contributed by atoms with E-state index in [1.807, 2.05) is 12.2 Å². The smallest absolute Gasteiger partial charge is 0.182 e. The lowest BCUT2D eigenvalue weighted by atomic mass is 10.2. The van der Waals surface area contributed by atoms with E-state index in [4.69, 9.17) is 9.78 Å². The van der Waals surface area contributed by atoms with E-state index in [0.717, 1.165) is 31.0 Å². The fraction of sp³-hybridized carbons (Fsp3) is 0.455. The van der Waals surface area contributed by atoms with Crippen molar-refractivity contribution in [1.82, 2.24) is 4.90 Å². The number of hydrogen-bond acceptors (Lipinski definition) is 3. The van der Waals surface area contributed by atoms with Crippen LogP contribution in [0.15, 0.2) is 36.4 Å². The Morgan fingerprint density at radius 3 is 2.93 bits per heavy atom. The summed E-state index contributed by atoms with van der Waals surface area (Å²) in [6.07, 6.45) is 8.62. The third-order valence-corrected chi connectivity index (χ3v) is 2.49. The van der Waals surface area contributed by atoms with E-state index in [2.05, 4.69) is 11.5 Å². The Kier molecular flexibility index (Phi) is 2.77. The molecule has 0 aromatic carbocycles. The van der Waals surface area contributed by atoms with Crippen molar-refractivity contribution in [2.45, 2.75) is 19.3 Å². The lowest BCUT2D eigenvalue weighted by molar-refractivity contribution is -0.218. The highest BCUT2D eigenvalue weighted by molar-refractivity contribution is 5.23. The minimum Gasteiger partial charge on any atom is -0.369 e. The van der Waals surface area contributed by atoms with Gasteiger partial charge in [-0.25, -0.2) is 0 Å². The number of nitrogens with zero attached hydrogens (tertiary/aromatic N) is 1. The molecule has 2 aliphatic rings. The van der Waals surface area contributed by atoms with Crippen LogP contribution in [0, 0.1) is 0 Å². The Labute approximate surface area is 84.2 Å². The summed E-state index contributed by atoms with van der Waals surface area (Å²) in [6, 6.07) is 0. The molecular formula is C11H15NO2. The van der Waals surface area contributed by atoms with Crippen molar-refractivity contribution >= 4 is 0 Å². The summed E-state index contributed by atoms with van der Waals surface area (Å²) >= 11 is 0. The maximum absolute atomic E-state index is 5.12. The van der Waals surface area contributed by atoms with Crippen molar-refractivity contribution in [2.24, 2.45) is 0 Å². The standard InChI is InChI=1S/C11H15NO2/c1-2-5-11-10(6-9-13-14-11)12-7-3-4-8-12/h2,6,9H,1,3-5,7-8H2. The number of likely N-dealkylation sites (tertiary alicyclic amines) is 1. The second kappa shape index (κ2) is 4.22. The molecule has 0 bridgehead atoms. The van der Waals surface area contributed by atoms with Crippen LogP contribution >= 0.6 is 0 Å². The Morgan fingerprint density at radius 1 is 1.43 bits per heavy atom. The van der Waals surface area contributed by atoms with Gasteiger partial charge in [0.15, 0.2) is 5.76 Å². The van der Waals surface area contributed by atoms with Gasteiger partial charge in [0.05, 0.1) is 5.70 Å². The fourth-order valence-corrected chi connectivity index (χ4v) is 1.82. The average molecular weight is 193 g/mol. The van der Waals surface area contributed by atoms with E-state index in [9.17, 15) is 0 Å². The molecule has 3 nitrogen and oxygen atoms in total. The van der Waals surface area contributed by atoms with Gasteiger partial charge in [0.25, 0.3) is 0 Å². The second-order valence-corrected chi connectivity index (χ2v) is 3.48. The van der Waals surface area contributed by atoms with Crippen LogP contribution in [0.5, 0.6) is 0 Å². The molecular weight excluding hydrogens is 178 g/mol. The topological polar surface area (TPSA) is 21.7 Å². The Balaban J connectivity index is 2.17.